The highest BCUT2D eigenvalue weighted by Gasteiger charge is 2.28. The van der Waals surface area contributed by atoms with Gasteiger partial charge in [0.15, 0.2) is 0 Å². The third kappa shape index (κ3) is 6.05. The van der Waals surface area contributed by atoms with E-state index in [1.807, 2.05) is 91.9 Å². The molecule has 0 aliphatic heterocycles. The highest BCUT2D eigenvalue weighted by Crippen LogP contribution is 2.15. The lowest BCUT2D eigenvalue weighted by molar-refractivity contribution is -0.139. The summed E-state index contributed by atoms with van der Waals surface area (Å²) in [5.41, 5.74) is 4.23. The van der Waals surface area contributed by atoms with Crippen LogP contribution in [0.2, 0.25) is 0 Å². The first-order valence-corrected chi connectivity index (χ1v) is 10.2. The lowest BCUT2D eigenvalue weighted by atomic mass is 10.0. The predicted octanol–water partition coefficient (Wildman–Crippen LogP) is 4.27. The van der Waals surface area contributed by atoms with Crippen LogP contribution in [-0.2, 0) is 29.1 Å². The molecule has 0 heterocycles. The van der Waals surface area contributed by atoms with Gasteiger partial charge in [-0.15, -0.1) is 0 Å². The summed E-state index contributed by atoms with van der Waals surface area (Å²) >= 11 is 0. The van der Waals surface area contributed by atoms with Crippen molar-refractivity contribution < 1.29 is 9.59 Å². The van der Waals surface area contributed by atoms with Gasteiger partial charge in [-0.2, -0.15) is 0 Å². The van der Waals surface area contributed by atoms with Crippen LogP contribution in [0.15, 0.2) is 84.9 Å². The molecule has 0 spiro atoms. The van der Waals surface area contributed by atoms with E-state index in [-0.39, 0.29) is 11.8 Å². The molecule has 2 amide bonds. The second-order valence-corrected chi connectivity index (χ2v) is 7.54. The Morgan fingerprint density at radius 2 is 1.37 bits per heavy atom. The van der Waals surface area contributed by atoms with Crippen LogP contribution in [0.1, 0.15) is 29.2 Å². The van der Waals surface area contributed by atoms with Gasteiger partial charge in [-0.3, -0.25) is 9.59 Å². The van der Waals surface area contributed by atoms with Crippen LogP contribution < -0.4 is 5.32 Å². The van der Waals surface area contributed by atoms with Crippen LogP contribution in [-0.4, -0.2) is 22.8 Å². The SMILES string of the molecule is CC(=O)N(Cc1ccccc1)[C@@H](Cc1ccccc1)C(=O)NCc1ccc(C)cc1. The van der Waals surface area contributed by atoms with Gasteiger partial charge >= 0.3 is 0 Å². The van der Waals surface area contributed by atoms with Crippen LogP contribution in [0.25, 0.3) is 0 Å². The molecule has 4 heteroatoms. The molecule has 0 radical (unpaired) electrons. The van der Waals surface area contributed by atoms with Crippen molar-refractivity contribution in [3.8, 4) is 0 Å². The Morgan fingerprint density at radius 3 is 1.93 bits per heavy atom. The topological polar surface area (TPSA) is 49.4 Å². The fourth-order valence-electron chi connectivity index (χ4n) is 3.42. The van der Waals surface area contributed by atoms with Crippen molar-refractivity contribution >= 4 is 11.8 Å². The monoisotopic (exact) mass is 400 g/mol. The first-order valence-electron chi connectivity index (χ1n) is 10.2. The molecule has 0 unspecified atom stereocenters. The first-order chi connectivity index (χ1) is 14.5. The van der Waals surface area contributed by atoms with Crippen molar-refractivity contribution in [2.24, 2.45) is 0 Å². The molecule has 0 saturated carbocycles. The maximum absolute atomic E-state index is 13.2. The number of rotatable bonds is 8. The van der Waals surface area contributed by atoms with Crippen molar-refractivity contribution in [1.29, 1.82) is 0 Å². The van der Waals surface area contributed by atoms with Gasteiger partial charge < -0.3 is 10.2 Å². The quantitative estimate of drug-likeness (QED) is 0.614. The molecule has 3 aromatic rings. The van der Waals surface area contributed by atoms with Gasteiger partial charge in [-0.1, -0.05) is 90.5 Å². The van der Waals surface area contributed by atoms with Crippen LogP contribution in [0, 0.1) is 6.92 Å². The molecular formula is C26H28N2O2. The molecule has 3 aromatic carbocycles. The smallest absolute Gasteiger partial charge is 0.243 e. The lowest BCUT2D eigenvalue weighted by Gasteiger charge is -2.30. The summed E-state index contributed by atoms with van der Waals surface area (Å²) in [5.74, 6) is -0.268. The molecule has 0 aromatic heterocycles. The normalized spacial score (nSPS) is 11.5. The number of carbonyl (C=O) groups excluding carboxylic acids is 2. The summed E-state index contributed by atoms with van der Waals surface area (Å²) < 4.78 is 0. The Labute approximate surface area is 178 Å². The third-order valence-electron chi connectivity index (χ3n) is 5.14. The zero-order valence-electron chi connectivity index (χ0n) is 17.5. The van der Waals surface area contributed by atoms with E-state index in [2.05, 4.69) is 5.32 Å². The van der Waals surface area contributed by atoms with Gasteiger partial charge in [0.2, 0.25) is 11.8 Å². The second-order valence-electron chi connectivity index (χ2n) is 7.54. The molecule has 0 aliphatic carbocycles. The highest BCUT2D eigenvalue weighted by molar-refractivity contribution is 5.87. The number of hydrogen-bond acceptors (Lipinski definition) is 2. The van der Waals surface area contributed by atoms with Crippen molar-refractivity contribution in [2.75, 3.05) is 0 Å². The molecule has 154 valence electrons. The zero-order chi connectivity index (χ0) is 21.3. The first kappa shape index (κ1) is 21.3. The van der Waals surface area contributed by atoms with E-state index < -0.39 is 6.04 Å². The van der Waals surface area contributed by atoms with Gasteiger partial charge in [0.1, 0.15) is 6.04 Å². The molecule has 4 nitrogen and oxygen atoms in total. The highest BCUT2D eigenvalue weighted by atomic mass is 16.2. The summed E-state index contributed by atoms with van der Waals surface area (Å²) in [5, 5.41) is 3.03. The molecule has 0 saturated heterocycles. The summed E-state index contributed by atoms with van der Waals surface area (Å²) in [6, 6.07) is 27.1. The number of aryl methyl sites for hydroxylation is 1. The fourth-order valence-corrected chi connectivity index (χ4v) is 3.42. The van der Waals surface area contributed by atoms with E-state index in [9.17, 15) is 9.59 Å². The summed E-state index contributed by atoms with van der Waals surface area (Å²) in [6.07, 6.45) is 0.465. The summed E-state index contributed by atoms with van der Waals surface area (Å²) in [4.78, 5) is 27.4. The zero-order valence-corrected chi connectivity index (χ0v) is 17.5. The Balaban J connectivity index is 1.80. The van der Waals surface area contributed by atoms with Crippen molar-refractivity contribution in [3.05, 3.63) is 107 Å². The maximum Gasteiger partial charge on any atom is 0.243 e. The van der Waals surface area contributed by atoms with E-state index in [1.165, 1.54) is 12.5 Å². The average Bonchev–Trinajstić information content (AvgIpc) is 2.77. The Bertz CT molecular complexity index is 953. The molecule has 1 atom stereocenters. The largest absolute Gasteiger partial charge is 0.350 e. The van der Waals surface area contributed by atoms with E-state index in [0.29, 0.717) is 19.5 Å². The standard InChI is InChI=1S/C26H28N2O2/c1-20-13-15-23(16-14-20)18-27-26(30)25(17-22-9-5-3-6-10-22)28(21(2)29)19-24-11-7-4-8-12-24/h3-16,25H,17-19H2,1-2H3,(H,27,30)/t25-/m0/s1. The molecule has 1 N–H and O–H groups in total. The minimum absolute atomic E-state index is 0.120. The molecule has 3 rings (SSSR count). The van der Waals surface area contributed by atoms with Gasteiger partial charge in [0.05, 0.1) is 0 Å². The maximum atomic E-state index is 13.2. The van der Waals surface area contributed by atoms with Crippen molar-refractivity contribution in [1.82, 2.24) is 10.2 Å². The number of hydrogen-bond donors (Lipinski definition) is 1. The minimum atomic E-state index is -0.587. The van der Waals surface area contributed by atoms with E-state index in [1.54, 1.807) is 4.90 Å². The van der Waals surface area contributed by atoms with Crippen LogP contribution >= 0.6 is 0 Å². The van der Waals surface area contributed by atoms with Crippen LogP contribution in [0.4, 0.5) is 0 Å². The van der Waals surface area contributed by atoms with Gasteiger partial charge in [-0.25, -0.2) is 0 Å². The Morgan fingerprint density at radius 1 is 0.800 bits per heavy atom. The number of carbonyl (C=O) groups is 2. The number of nitrogens with zero attached hydrogens (tertiary/aromatic N) is 1. The number of benzene rings is 3. The Kier molecular flexibility index (Phi) is 7.39. The third-order valence-corrected chi connectivity index (χ3v) is 5.14. The molecular weight excluding hydrogens is 372 g/mol. The molecule has 30 heavy (non-hydrogen) atoms. The van der Waals surface area contributed by atoms with E-state index in [0.717, 1.165) is 16.7 Å². The van der Waals surface area contributed by atoms with E-state index in [4.69, 9.17) is 0 Å². The molecule has 0 fully saturated rings. The van der Waals surface area contributed by atoms with Gasteiger partial charge in [0.25, 0.3) is 0 Å². The average molecular weight is 401 g/mol. The molecule has 0 aliphatic rings. The second kappa shape index (κ2) is 10.4. The van der Waals surface area contributed by atoms with Crippen LogP contribution in [0.3, 0.4) is 0 Å². The van der Waals surface area contributed by atoms with Gasteiger partial charge in [0, 0.05) is 26.4 Å². The Hall–Kier alpha value is -3.40. The number of amides is 2. The van der Waals surface area contributed by atoms with E-state index >= 15 is 0 Å². The number of nitrogens with one attached hydrogen (secondary N) is 1. The van der Waals surface area contributed by atoms with Crippen LogP contribution in [0.5, 0.6) is 0 Å². The predicted molar refractivity (Wildman–Crippen MR) is 120 cm³/mol. The van der Waals surface area contributed by atoms with Gasteiger partial charge in [-0.05, 0) is 23.6 Å². The van der Waals surface area contributed by atoms with Crippen molar-refractivity contribution in [2.45, 2.75) is 39.4 Å². The molecule has 0 bridgehead atoms. The fraction of sp³-hybridized carbons (Fsp3) is 0.231. The summed E-state index contributed by atoms with van der Waals surface area (Å²) in [6.45, 7) is 4.38. The summed E-state index contributed by atoms with van der Waals surface area (Å²) in [7, 11) is 0. The van der Waals surface area contributed by atoms with Crippen molar-refractivity contribution in [3.63, 3.8) is 0 Å². The minimum Gasteiger partial charge on any atom is -0.350 e. The lowest BCUT2D eigenvalue weighted by Crippen LogP contribution is -2.49.